The first-order chi connectivity index (χ1) is 29.7. The Bertz CT molecular complexity index is 3020. The lowest BCUT2D eigenvalue weighted by molar-refractivity contribution is 0.332. The molecule has 328 valence electrons. The number of anilines is 5. The molecule has 1 aromatic heterocycles. The van der Waals surface area contributed by atoms with E-state index in [1.54, 1.807) is 0 Å². The highest BCUT2D eigenvalue weighted by atomic mass is 32.1. The van der Waals surface area contributed by atoms with Crippen molar-refractivity contribution < 1.29 is 0 Å². The van der Waals surface area contributed by atoms with Gasteiger partial charge in [-0.05, 0) is 156 Å². The third kappa shape index (κ3) is 6.70. The fourth-order valence-corrected chi connectivity index (χ4v) is 12.2. The molecule has 3 aliphatic rings. The molecular formula is C60H69BN2S. The van der Waals surface area contributed by atoms with Crippen LogP contribution >= 0.6 is 11.3 Å². The van der Waals surface area contributed by atoms with Crippen LogP contribution in [0.4, 0.5) is 28.4 Å². The Morgan fingerprint density at radius 1 is 0.484 bits per heavy atom. The standard InChI is InChI=1S/C60H69BN2S/c1-55(2,3)36-17-22-40(23-18-36)62-47-26-21-38(57(7,8)9)32-46(47)61-54-43(31-39(33-49(54)62)58(10,11)12)52-48(63(61)41-24-19-37(20-25-41)56(4,5)6)27-28-50-53(52)42-34-44-45(35-51(42)64-50)60(15,16)30-29-59(44,13)14/h17-28,31-35H,29-30H2,1-16H3. The summed E-state index contributed by atoms with van der Waals surface area (Å²) >= 11 is 1.98. The molecule has 0 saturated heterocycles. The van der Waals surface area contributed by atoms with Gasteiger partial charge in [-0.2, -0.15) is 0 Å². The molecule has 6 aromatic carbocycles. The fraction of sp³-hybridized carbons (Fsp3) is 0.400. The number of hydrogen-bond donors (Lipinski definition) is 0. The van der Waals surface area contributed by atoms with Crippen molar-refractivity contribution in [3.63, 3.8) is 0 Å². The first-order valence-electron chi connectivity index (χ1n) is 23.9. The maximum Gasteiger partial charge on any atom is 0.333 e. The van der Waals surface area contributed by atoms with Crippen LogP contribution in [0.5, 0.6) is 0 Å². The smallest absolute Gasteiger partial charge is 0.333 e. The molecule has 1 aliphatic carbocycles. The molecule has 4 heteroatoms. The van der Waals surface area contributed by atoms with E-state index in [-0.39, 0.29) is 39.3 Å². The van der Waals surface area contributed by atoms with Gasteiger partial charge >= 0.3 is 6.85 Å². The maximum absolute atomic E-state index is 2.73. The van der Waals surface area contributed by atoms with Gasteiger partial charge in [0.15, 0.2) is 0 Å². The van der Waals surface area contributed by atoms with Gasteiger partial charge in [0.05, 0.1) is 0 Å². The van der Waals surface area contributed by atoms with Gasteiger partial charge in [-0.1, -0.05) is 153 Å². The van der Waals surface area contributed by atoms with E-state index in [1.807, 2.05) is 11.3 Å². The van der Waals surface area contributed by atoms with Crippen LogP contribution < -0.4 is 20.6 Å². The Morgan fingerprint density at radius 3 is 1.56 bits per heavy atom. The summed E-state index contributed by atoms with van der Waals surface area (Å²) in [6.07, 6.45) is 2.41. The van der Waals surface area contributed by atoms with Gasteiger partial charge in [0.1, 0.15) is 0 Å². The Hall–Kier alpha value is -4.80. The molecule has 3 heterocycles. The Kier molecular flexibility index (Phi) is 9.34. The zero-order valence-electron chi connectivity index (χ0n) is 41.6. The zero-order valence-corrected chi connectivity index (χ0v) is 42.4. The summed E-state index contributed by atoms with van der Waals surface area (Å²) in [5, 5.41) is 2.80. The van der Waals surface area contributed by atoms with Crippen molar-refractivity contribution in [2.45, 2.75) is 156 Å². The molecule has 0 spiro atoms. The Labute approximate surface area is 389 Å². The molecule has 2 aliphatic heterocycles. The first kappa shape index (κ1) is 43.1. The second-order valence-electron chi connectivity index (χ2n) is 25.0. The van der Waals surface area contributed by atoms with Gasteiger partial charge in [-0.15, -0.1) is 11.3 Å². The minimum absolute atomic E-state index is 0.0254. The molecule has 0 saturated carbocycles. The SMILES string of the molecule is CC(C)(C)c1ccc(N2B3c4cc(C(C)(C)C)ccc4N(c4ccc(C(C)(C)C)cc4)c4cc(C(C)(C)C)cc(c43)-c3c2ccc2sc4cc5c(cc4c32)C(C)(C)CCC5(C)C)cc1. The summed E-state index contributed by atoms with van der Waals surface area (Å²) in [5.74, 6) is 0. The van der Waals surface area contributed by atoms with Crippen molar-refractivity contribution in [2.24, 2.45) is 0 Å². The second kappa shape index (κ2) is 13.9. The summed E-state index contributed by atoms with van der Waals surface area (Å²) in [7, 11) is 0. The third-order valence-electron chi connectivity index (χ3n) is 15.3. The van der Waals surface area contributed by atoms with Crippen LogP contribution in [-0.2, 0) is 32.5 Å². The first-order valence-corrected chi connectivity index (χ1v) is 24.7. The van der Waals surface area contributed by atoms with E-state index in [9.17, 15) is 0 Å². The average molecular weight is 861 g/mol. The van der Waals surface area contributed by atoms with Crippen LogP contribution in [0.1, 0.15) is 157 Å². The molecule has 0 atom stereocenters. The Morgan fingerprint density at radius 2 is 1.00 bits per heavy atom. The van der Waals surface area contributed by atoms with Crippen molar-refractivity contribution in [2.75, 3.05) is 9.71 Å². The highest BCUT2D eigenvalue weighted by molar-refractivity contribution is 7.26. The number of thiophene rings is 1. The normalized spacial score (nSPS) is 16.8. The van der Waals surface area contributed by atoms with E-state index < -0.39 is 0 Å². The van der Waals surface area contributed by atoms with Gasteiger partial charge in [-0.3, -0.25) is 0 Å². The number of hydrogen-bond acceptors (Lipinski definition) is 3. The van der Waals surface area contributed by atoms with Crippen molar-refractivity contribution in [1.29, 1.82) is 0 Å². The topological polar surface area (TPSA) is 6.48 Å². The minimum atomic E-state index is -0.0848. The van der Waals surface area contributed by atoms with E-state index in [0.29, 0.717) is 0 Å². The number of rotatable bonds is 2. The molecule has 0 fully saturated rings. The van der Waals surface area contributed by atoms with Crippen LogP contribution in [0.25, 0.3) is 31.3 Å². The number of benzene rings is 6. The molecule has 0 amide bonds. The highest BCUT2D eigenvalue weighted by Gasteiger charge is 2.47. The van der Waals surface area contributed by atoms with Crippen LogP contribution in [0.15, 0.2) is 103 Å². The lowest BCUT2D eigenvalue weighted by atomic mass is 9.43. The summed E-state index contributed by atoms with van der Waals surface area (Å²) in [6, 6.07) is 41.7. The van der Waals surface area contributed by atoms with Gasteiger partial charge in [0.25, 0.3) is 0 Å². The maximum atomic E-state index is 2.73. The highest BCUT2D eigenvalue weighted by Crippen LogP contribution is 2.55. The van der Waals surface area contributed by atoms with Crippen LogP contribution in [0, 0.1) is 0 Å². The van der Waals surface area contributed by atoms with Crippen molar-refractivity contribution in [3.05, 3.63) is 137 Å². The van der Waals surface area contributed by atoms with Gasteiger partial charge in [0, 0.05) is 54.2 Å². The van der Waals surface area contributed by atoms with E-state index >= 15 is 0 Å². The van der Waals surface area contributed by atoms with Crippen molar-refractivity contribution in [1.82, 2.24) is 0 Å². The molecule has 0 bridgehead atoms. The molecule has 10 rings (SSSR count). The van der Waals surface area contributed by atoms with Crippen LogP contribution in [0.3, 0.4) is 0 Å². The molecule has 7 aromatic rings. The van der Waals surface area contributed by atoms with E-state index in [4.69, 9.17) is 0 Å². The summed E-state index contributed by atoms with van der Waals surface area (Å²) in [6.45, 7) is 37.9. The van der Waals surface area contributed by atoms with Gasteiger partial charge in [0.2, 0.25) is 0 Å². The molecule has 0 radical (unpaired) electrons. The average Bonchev–Trinajstić information content (AvgIpc) is 3.58. The minimum Gasteiger partial charge on any atom is -0.376 e. The molecular weight excluding hydrogens is 792 g/mol. The number of nitrogens with zero attached hydrogens (tertiary/aromatic N) is 2. The van der Waals surface area contributed by atoms with Crippen LogP contribution in [0.2, 0.25) is 0 Å². The molecule has 0 unspecified atom stereocenters. The van der Waals surface area contributed by atoms with Gasteiger partial charge < -0.3 is 9.71 Å². The second-order valence-corrected chi connectivity index (χ2v) is 26.1. The molecule has 0 N–H and O–H groups in total. The lowest BCUT2D eigenvalue weighted by Gasteiger charge is -2.47. The van der Waals surface area contributed by atoms with E-state index in [1.165, 1.54) is 117 Å². The van der Waals surface area contributed by atoms with Gasteiger partial charge in [-0.25, -0.2) is 0 Å². The largest absolute Gasteiger partial charge is 0.376 e. The van der Waals surface area contributed by atoms with E-state index in [0.717, 1.165) is 0 Å². The zero-order chi connectivity index (χ0) is 45.8. The monoisotopic (exact) mass is 861 g/mol. The van der Waals surface area contributed by atoms with Crippen molar-refractivity contribution >= 4 is 77.7 Å². The molecule has 2 nitrogen and oxygen atoms in total. The predicted molar refractivity (Wildman–Crippen MR) is 283 cm³/mol. The fourth-order valence-electron chi connectivity index (χ4n) is 11.1. The molecule has 64 heavy (non-hydrogen) atoms. The number of fused-ring (bicyclic) bond motifs is 9. The van der Waals surface area contributed by atoms with Crippen LogP contribution in [-0.4, -0.2) is 6.85 Å². The Balaban J connectivity index is 1.37. The summed E-state index contributed by atoms with van der Waals surface area (Å²) in [5.41, 5.74) is 20.5. The quantitative estimate of drug-likeness (QED) is 0.160. The lowest BCUT2D eigenvalue weighted by Crippen LogP contribution is -2.62. The summed E-state index contributed by atoms with van der Waals surface area (Å²) in [4.78, 5) is 5.33. The third-order valence-corrected chi connectivity index (χ3v) is 16.5. The predicted octanol–water partition coefficient (Wildman–Crippen LogP) is 16.3. The summed E-state index contributed by atoms with van der Waals surface area (Å²) < 4.78 is 2.77. The van der Waals surface area contributed by atoms with Crippen molar-refractivity contribution in [3.8, 4) is 11.1 Å². The van der Waals surface area contributed by atoms with E-state index in [2.05, 4.69) is 224 Å².